The van der Waals surface area contributed by atoms with Crippen LogP contribution in [0.25, 0.3) is 11.0 Å². The summed E-state index contributed by atoms with van der Waals surface area (Å²) in [6.07, 6.45) is 0. The van der Waals surface area contributed by atoms with Gasteiger partial charge in [-0.1, -0.05) is 24.3 Å². The van der Waals surface area contributed by atoms with Crippen LogP contribution in [-0.4, -0.2) is 43.0 Å². The third-order valence-corrected chi connectivity index (χ3v) is 4.65. The maximum atomic E-state index is 13.2. The quantitative estimate of drug-likeness (QED) is 0.722. The lowest BCUT2D eigenvalue weighted by molar-refractivity contribution is 0.122. The zero-order chi connectivity index (χ0) is 17.9. The predicted molar refractivity (Wildman–Crippen MR) is 101 cm³/mol. The minimum absolute atomic E-state index is 0.0681. The molecule has 3 aromatic rings. The van der Waals surface area contributed by atoms with Crippen molar-refractivity contribution in [1.82, 2.24) is 9.55 Å². The Morgan fingerprint density at radius 1 is 1.08 bits per heavy atom. The molecule has 0 atom stereocenters. The molecule has 0 unspecified atom stereocenters. The lowest BCUT2D eigenvalue weighted by Gasteiger charge is -2.28. The van der Waals surface area contributed by atoms with Crippen LogP contribution in [0.1, 0.15) is 5.56 Å². The second kappa shape index (κ2) is 7.17. The van der Waals surface area contributed by atoms with Gasteiger partial charge in [0.1, 0.15) is 5.75 Å². The molecule has 0 radical (unpaired) electrons. The average molecular weight is 351 g/mol. The second-order valence-electron chi connectivity index (χ2n) is 6.26. The van der Waals surface area contributed by atoms with Gasteiger partial charge in [0.25, 0.3) is 5.56 Å². The highest BCUT2D eigenvalue weighted by molar-refractivity contribution is 5.76. The van der Waals surface area contributed by atoms with E-state index in [9.17, 15) is 4.79 Å². The molecule has 6 nitrogen and oxygen atoms in total. The fourth-order valence-corrected chi connectivity index (χ4v) is 3.23. The van der Waals surface area contributed by atoms with Crippen molar-refractivity contribution in [3.63, 3.8) is 0 Å². The van der Waals surface area contributed by atoms with Crippen molar-refractivity contribution in [2.45, 2.75) is 6.54 Å². The standard InChI is InChI=1S/C20H21N3O3/c1-25-16-8-6-15(7-9-16)14-23-18-5-3-2-4-17(18)21-19(20(23)24)22-10-12-26-13-11-22/h2-9H,10-14H2,1H3. The van der Waals surface area contributed by atoms with Crippen LogP contribution < -0.4 is 15.2 Å². The Bertz CT molecular complexity index is 960. The van der Waals surface area contributed by atoms with Gasteiger partial charge in [0.2, 0.25) is 0 Å². The van der Waals surface area contributed by atoms with Gasteiger partial charge in [0, 0.05) is 13.1 Å². The van der Waals surface area contributed by atoms with Gasteiger partial charge in [0.05, 0.1) is 37.9 Å². The maximum Gasteiger partial charge on any atom is 0.294 e. The first-order valence-electron chi connectivity index (χ1n) is 8.71. The Morgan fingerprint density at radius 3 is 2.54 bits per heavy atom. The molecule has 1 saturated heterocycles. The molecular formula is C20H21N3O3. The van der Waals surface area contributed by atoms with Crippen molar-refractivity contribution >= 4 is 16.9 Å². The monoisotopic (exact) mass is 351 g/mol. The van der Waals surface area contributed by atoms with E-state index in [0.717, 1.165) is 22.3 Å². The van der Waals surface area contributed by atoms with E-state index in [1.165, 1.54) is 0 Å². The third-order valence-electron chi connectivity index (χ3n) is 4.65. The first-order chi connectivity index (χ1) is 12.8. The number of para-hydroxylation sites is 2. The van der Waals surface area contributed by atoms with Crippen molar-refractivity contribution < 1.29 is 9.47 Å². The Labute approximate surface area is 151 Å². The fraction of sp³-hybridized carbons (Fsp3) is 0.300. The number of aromatic nitrogens is 2. The molecule has 1 aliphatic rings. The molecule has 2 aromatic carbocycles. The van der Waals surface area contributed by atoms with Crippen LogP contribution in [0.4, 0.5) is 5.82 Å². The molecule has 4 rings (SSSR count). The Balaban J connectivity index is 1.80. The predicted octanol–water partition coefficient (Wildman–Crippen LogP) is 2.29. The highest BCUT2D eigenvalue weighted by Crippen LogP contribution is 2.18. The summed E-state index contributed by atoms with van der Waals surface area (Å²) in [6.45, 7) is 3.09. The topological polar surface area (TPSA) is 56.6 Å². The molecule has 1 fully saturated rings. The highest BCUT2D eigenvalue weighted by atomic mass is 16.5. The van der Waals surface area contributed by atoms with Crippen molar-refractivity contribution in [2.75, 3.05) is 38.3 Å². The first kappa shape index (κ1) is 16.6. The number of anilines is 1. The number of hydrogen-bond donors (Lipinski definition) is 0. The number of methoxy groups -OCH3 is 1. The largest absolute Gasteiger partial charge is 0.497 e. The summed E-state index contributed by atoms with van der Waals surface area (Å²) in [4.78, 5) is 19.9. The van der Waals surface area contributed by atoms with Crippen LogP contribution in [0.15, 0.2) is 53.3 Å². The van der Waals surface area contributed by atoms with Gasteiger partial charge in [-0.25, -0.2) is 4.98 Å². The van der Waals surface area contributed by atoms with Gasteiger partial charge < -0.3 is 14.4 Å². The van der Waals surface area contributed by atoms with Gasteiger partial charge in [-0.3, -0.25) is 9.36 Å². The lowest BCUT2D eigenvalue weighted by atomic mass is 10.2. The minimum atomic E-state index is -0.0681. The van der Waals surface area contributed by atoms with Crippen molar-refractivity contribution in [1.29, 1.82) is 0 Å². The van der Waals surface area contributed by atoms with Crippen LogP contribution in [0.3, 0.4) is 0 Å². The van der Waals surface area contributed by atoms with Crippen molar-refractivity contribution in [3.05, 3.63) is 64.4 Å². The minimum Gasteiger partial charge on any atom is -0.497 e. The molecule has 0 aliphatic carbocycles. The number of nitrogens with zero attached hydrogens (tertiary/aromatic N) is 3. The molecule has 1 aromatic heterocycles. The molecule has 2 heterocycles. The fourth-order valence-electron chi connectivity index (χ4n) is 3.23. The number of benzene rings is 2. The van der Waals surface area contributed by atoms with E-state index in [2.05, 4.69) is 4.98 Å². The van der Waals surface area contributed by atoms with Gasteiger partial charge in [0.15, 0.2) is 5.82 Å². The van der Waals surface area contributed by atoms with E-state index in [1.807, 2.05) is 53.4 Å². The molecule has 26 heavy (non-hydrogen) atoms. The van der Waals surface area contributed by atoms with E-state index in [0.29, 0.717) is 38.7 Å². The van der Waals surface area contributed by atoms with Crippen LogP contribution >= 0.6 is 0 Å². The summed E-state index contributed by atoms with van der Waals surface area (Å²) in [5.41, 5.74) is 2.63. The molecule has 0 N–H and O–H groups in total. The van der Waals surface area contributed by atoms with E-state index < -0.39 is 0 Å². The van der Waals surface area contributed by atoms with Crippen molar-refractivity contribution in [3.8, 4) is 5.75 Å². The number of rotatable bonds is 4. The average Bonchev–Trinajstić information content (AvgIpc) is 2.71. The third kappa shape index (κ3) is 3.15. The van der Waals surface area contributed by atoms with Gasteiger partial charge in [-0.2, -0.15) is 0 Å². The number of morpholine rings is 1. The Morgan fingerprint density at radius 2 is 1.81 bits per heavy atom. The van der Waals surface area contributed by atoms with Crippen molar-refractivity contribution in [2.24, 2.45) is 0 Å². The molecular weight excluding hydrogens is 330 g/mol. The van der Waals surface area contributed by atoms with E-state index in [4.69, 9.17) is 9.47 Å². The number of hydrogen-bond acceptors (Lipinski definition) is 5. The van der Waals surface area contributed by atoms with Crippen LogP contribution in [0, 0.1) is 0 Å². The summed E-state index contributed by atoms with van der Waals surface area (Å²) in [5, 5.41) is 0. The first-order valence-corrected chi connectivity index (χ1v) is 8.71. The Hall–Kier alpha value is -2.86. The molecule has 0 saturated carbocycles. The molecule has 0 bridgehead atoms. The molecule has 1 aliphatic heterocycles. The number of fused-ring (bicyclic) bond motifs is 1. The van der Waals surface area contributed by atoms with Crippen LogP contribution in [0.5, 0.6) is 5.75 Å². The molecule has 134 valence electrons. The van der Waals surface area contributed by atoms with Gasteiger partial charge in [-0.05, 0) is 29.8 Å². The van der Waals surface area contributed by atoms with Gasteiger partial charge >= 0.3 is 0 Å². The van der Waals surface area contributed by atoms with Crippen LogP contribution in [-0.2, 0) is 11.3 Å². The van der Waals surface area contributed by atoms with Crippen LogP contribution in [0.2, 0.25) is 0 Å². The SMILES string of the molecule is COc1ccc(Cn2c(=O)c(N3CCOCC3)nc3ccccc32)cc1. The smallest absolute Gasteiger partial charge is 0.294 e. The normalized spacial score (nSPS) is 14.6. The molecule has 0 amide bonds. The van der Waals surface area contributed by atoms with E-state index in [-0.39, 0.29) is 5.56 Å². The summed E-state index contributed by atoms with van der Waals surface area (Å²) in [5.74, 6) is 1.30. The summed E-state index contributed by atoms with van der Waals surface area (Å²) in [7, 11) is 1.64. The zero-order valence-electron chi connectivity index (χ0n) is 14.7. The van der Waals surface area contributed by atoms with Gasteiger partial charge in [-0.15, -0.1) is 0 Å². The summed E-state index contributed by atoms with van der Waals surface area (Å²) < 4.78 is 12.4. The summed E-state index contributed by atoms with van der Waals surface area (Å²) in [6, 6.07) is 15.5. The van der Waals surface area contributed by atoms with E-state index in [1.54, 1.807) is 11.7 Å². The zero-order valence-corrected chi connectivity index (χ0v) is 14.7. The molecule has 6 heteroatoms. The summed E-state index contributed by atoms with van der Waals surface area (Å²) >= 11 is 0. The lowest BCUT2D eigenvalue weighted by Crippen LogP contribution is -2.41. The molecule has 0 spiro atoms. The highest BCUT2D eigenvalue weighted by Gasteiger charge is 2.19. The van der Waals surface area contributed by atoms with E-state index >= 15 is 0 Å². The number of ether oxygens (including phenoxy) is 2. The maximum absolute atomic E-state index is 13.2. The Kier molecular flexibility index (Phi) is 4.58. The second-order valence-corrected chi connectivity index (χ2v) is 6.26.